The molecule has 0 unspecified atom stereocenters. The van der Waals surface area contributed by atoms with E-state index in [-0.39, 0.29) is 16.8 Å². The van der Waals surface area contributed by atoms with Crippen molar-refractivity contribution in [1.29, 1.82) is 0 Å². The fourth-order valence-electron chi connectivity index (χ4n) is 3.05. The molecule has 2 aromatic carbocycles. The Balaban J connectivity index is 1.76. The van der Waals surface area contributed by atoms with Gasteiger partial charge in [0.2, 0.25) is 5.91 Å². The molecule has 1 aliphatic rings. The van der Waals surface area contributed by atoms with Gasteiger partial charge in [-0.05, 0) is 68.5 Å². The van der Waals surface area contributed by atoms with E-state index in [2.05, 4.69) is 10.0 Å². The van der Waals surface area contributed by atoms with Gasteiger partial charge in [-0.2, -0.15) is 0 Å². The van der Waals surface area contributed by atoms with Crippen molar-refractivity contribution in [3.63, 3.8) is 0 Å². The Labute approximate surface area is 171 Å². The van der Waals surface area contributed by atoms with Crippen LogP contribution >= 0.6 is 11.6 Å². The van der Waals surface area contributed by atoms with Crippen molar-refractivity contribution in [2.24, 2.45) is 0 Å². The standard InChI is InChI=1S/C21H25ClN2O3S/c1-4-15(3)23-20(25)21(11-12-21)16-6-8-17(9-7-16)24-28(26,27)18-10-5-14(2)19(22)13-18/h5-10,13,15,24H,4,11-12H2,1-3H3,(H,23,25)/t15-/m0/s1. The van der Waals surface area contributed by atoms with Crippen LogP contribution in [0.15, 0.2) is 47.4 Å². The Morgan fingerprint density at radius 3 is 2.36 bits per heavy atom. The zero-order valence-electron chi connectivity index (χ0n) is 16.3. The molecule has 2 N–H and O–H groups in total. The third-order valence-corrected chi connectivity index (χ3v) is 7.10. The lowest BCUT2D eigenvalue weighted by Crippen LogP contribution is -2.39. The molecule has 1 atom stereocenters. The Morgan fingerprint density at radius 1 is 1.18 bits per heavy atom. The van der Waals surface area contributed by atoms with Gasteiger partial charge in [0.15, 0.2) is 0 Å². The van der Waals surface area contributed by atoms with Crippen LogP contribution < -0.4 is 10.0 Å². The van der Waals surface area contributed by atoms with Crippen molar-refractivity contribution >= 4 is 33.2 Å². The van der Waals surface area contributed by atoms with E-state index >= 15 is 0 Å². The van der Waals surface area contributed by atoms with Gasteiger partial charge in [0.05, 0.1) is 10.3 Å². The number of rotatable bonds is 7. The Kier molecular flexibility index (Phi) is 5.73. The summed E-state index contributed by atoms with van der Waals surface area (Å²) >= 11 is 6.05. The van der Waals surface area contributed by atoms with Crippen molar-refractivity contribution < 1.29 is 13.2 Å². The largest absolute Gasteiger partial charge is 0.353 e. The first-order chi connectivity index (χ1) is 13.2. The van der Waals surface area contributed by atoms with Crippen LogP contribution in [0.2, 0.25) is 5.02 Å². The van der Waals surface area contributed by atoms with E-state index in [1.165, 1.54) is 12.1 Å². The summed E-state index contributed by atoms with van der Waals surface area (Å²) in [4.78, 5) is 12.7. The smallest absolute Gasteiger partial charge is 0.261 e. The average Bonchev–Trinajstić information content (AvgIpc) is 3.46. The zero-order chi connectivity index (χ0) is 20.5. The molecule has 0 heterocycles. The molecule has 1 aliphatic carbocycles. The van der Waals surface area contributed by atoms with Gasteiger partial charge in [-0.25, -0.2) is 8.42 Å². The van der Waals surface area contributed by atoms with Gasteiger partial charge in [0, 0.05) is 16.8 Å². The third-order valence-electron chi connectivity index (χ3n) is 5.32. The van der Waals surface area contributed by atoms with Gasteiger partial charge >= 0.3 is 0 Å². The van der Waals surface area contributed by atoms with Crippen LogP contribution in [0.25, 0.3) is 0 Å². The molecule has 28 heavy (non-hydrogen) atoms. The van der Waals surface area contributed by atoms with Crippen LogP contribution in [0.1, 0.15) is 44.2 Å². The number of hydrogen-bond acceptors (Lipinski definition) is 3. The number of benzene rings is 2. The normalized spacial score (nSPS) is 16.3. The molecule has 0 saturated heterocycles. The zero-order valence-corrected chi connectivity index (χ0v) is 17.8. The van der Waals surface area contributed by atoms with Gasteiger partial charge in [0.1, 0.15) is 0 Å². The van der Waals surface area contributed by atoms with Crippen molar-refractivity contribution in [2.75, 3.05) is 4.72 Å². The quantitative estimate of drug-likeness (QED) is 0.697. The minimum atomic E-state index is -3.73. The number of carbonyl (C=O) groups is 1. The average molecular weight is 421 g/mol. The monoisotopic (exact) mass is 420 g/mol. The van der Waals surface area contributed by atoms with Crippen molar-refractivity contribution in [3.05, 3.63) is 58.6 Å². The topological polar surface area (TPSA) is 75.3 Å². The van der Waals surface area contributed by atoms with Gasteiger partial charge < -0.3 is 5.32 Å². The van der Waals surface area contributed by atoms with Gasteiger partial charge in [-0.3, -0.25) is 9.52 Å². The van der Waals surface area contributed by atoms with Crippen molar-refractivity contribution in [2.45, 2.75) is 56.4 Å². The number of anilines is 1. The van der Waals surface area contributed by atoms with Crippen molar-refractivity contribution in [1.82, 2.24) is 5.32 Å². The summed E-state index contributed by atoms with van der Waals surface area (Å²) in [5, 5.41) is 3.46. The van der Waals surface area contributed by atoms with Gasteiger partial charge in [-0.1, -0.05) is 36.7 Å². The molecule has 0 bridgehead atoms. The molecule has 7 heteroatoms. The minimum absolute atomic E-state index is 0.0458. The molecule has 2 aromatic rings. The number of sulfonamides is 1. The molecule has 0 radical (unpaired) electrons. The molecule has 150 valence electrons. The molecule has 3 rings (SSSR count). The summed E-state index contributed by atoms with van der Waals surface area (Å²) in [5.41, 5.74) is 1.69. The minimum Gasteiger partial charge on any atom is -0.353 e. The summed E-state index contributed by atoms with van der Waals surface area (Å²) in [6, 6.07) is 11.8. The van der Waals surface area contributed by atoms with Gasteiger partial charge in [0.25, 0.3) is 10.0 Å². The van der Waals surface area contributed by atoms with Crippen LogP contribution in [0.3, 0.4) is 0 Å². The van der Waals surface area contributed by atoms with Crippen LogP contribution in [0, 0.1) is 6.92 Å². The summed E-state index contributed by atoms with van der Waals surface area (Å²) in [6.45, 7) is 5.84. The van der Waals surface area contributed by atoms with E-state index in [9.17, 15) is 13.2 Å². The van der Waals surface area contributed by atoms with E-state index in [4.69, 9.17) is 11.6 Å². The number of halogens is 1. The highest BCUT2D eigenvalue weighted by atomic mass is 35.5. The van der Waals surface area contributed by atoms with Crippen LogP contribution in [-0.2, 0) is 20.2 Å². The molecule has 0 spiro atoms. The van der Waals surface area contributed by atoms with E-state index in [1.807, 2.05) is 32.9 Å². The Morgan fingerprint density at radius 2 is 1.82 bits per heavy atom. The fraction of sp³-hybridized carbons (Fsp3) is 0.381. The molecular formula is C21H25ClN2O3S. The first-order valence-electron chi connectivity index (χ1n) is 9.38. The third kappa shape index (κ3) is 4.18. The summed E-state index contributed by atoms with van der Waals surface area (Å²) < 4.78 is 27.7. The highest BCUT2D eigenvalue weighted by Gasteiger charge is 2.51. The van der Waals surface area contributed by atoms with Crippen molar-refractivity contribution in [3.8, 4) is 0 Å². The van der Waals surface area contributed by atoms with Crippen LogP contribution in [-0.4, -0.2) is 20.4 Å². The molecule has 1 fully saturated rings. The second-order valence-corrected chi connectivity index (χ2v) is 9.55. The highest BCUT2D eigenvalue weighted by molar-refractivity contribution is 7.92. The van der Waals surface area contributed by atoms with E-state index in [0.29, 0.717) is 10.7 Å². The Hall–Kier alpha value is -2.05. The summed E-state index contributed by atoms with van der Waals surface area (Å²) in [5.74, 6) is 0.0458. The highest BCUT2D eigenvalue weighted by Crippen LogP contribution is 2.48. The lowest BCUT2D eigenvalue weighted by Gasteiger charge is -2.19. The lowest BCUT2D eigenvalue weighted by molar-refractivity contribution is -0.124. The maximum atomic E-state index is 12.6. The predicted octanol–water partition coefficient (Wildman–Crippen LogP) is 4.40. The SMILES string of the molecule is CC[C@H](C)NC(=O)C1(c2ccc(NS(=O)(=O)c3ccc(C)c(Cl)c3)cc2)CC1. The number of carbonyl (C=O) groups excluding carboxylic acids is 1. The molecule has 0 aromatic heterocycles. The fourth-order valence-corrected chi connectivity index (χ4v) is 4.38. The Bertz CT molecular complexity index is 983. The summed E-state index contributed by atoms with van der Waals surface area (Å²) in [6.07, 6.45) is 2.50. The van der Waals surface area contributed by atoms with Crippen LogP contribution in [0.4, 0.5) is 5.69 Å². The number of amides is 1. The second-order valence-electron chi connectivity index (χ2n) is 7.46. The number of hydrogen-bond donors (Lipinski definition) is 2. The maximum absolute atomic E-state index is 12.6. The first kappa shape index (κ1) is 20.7. The molecule has 5 nitrogen and oxygen atoms in total. The maximum Gasteiger partial charge on any atom is 0.261 e. The molecule has 1 saturated carbocycles. The molecular weight excluding hydrogens is 396 g/mol. The van der Waals surface area contributed by atoms with E-state index in [0.717, 1.165) is 30.4 Å². The van der Waals surface area contributed by atoms with Gasteiger partial charge in [-0.15, -0.1) is 0 Å². The van der Waals surface area contributed by atoms with Crippen LogP contribution in [0.5, 0.6) is 0 Å². The van der Waals surface area contributed by atoms with E-state index in [1.54, 1.807) is 18.2 Å². The number of aryl methyl sites for hydroxylation is 1. The van der Waals surface area contributed by atoms with E-state index < -0.39 is 15.4 Å². The lowest BCUT2D eigenvalue weighted by atomic mass is 9.94. The predicted molar refractivity (Wildman–Crippen MR) is 112 cm³/mol. The molecule has 0 aliphatic heterocycles. The second kappa shape index (κ2) is 7.76. The molecule has 1 amide bonds. The number of nitrogens with one attached hydrogen (secondary N) is 2. The first-order valence-corrected chi connectivity index (χ1v) is 11.2. The summed E-state index contributed by atoms with van der Waals surface area (Å²) in [7, 11) is -3.73.